The quantitative estimate of drug-likeness (QED) is 0.753. The Morgan fingerprint density at radius 3 is 2.68 bits per heavy atom. The number of ether oxygens (including phenoxy) is 1. The van der Waals surface area contributed by atoms with Crippen molar-refractivity contribution >= 4 is 23.7 Å². The number of hydrogen-bond donors (Lipinski definition) is 1. The first kappa shape index (κ1) is 22.0. The summed E-state index contributed by atoms with van der Waals surface area (Å²) in [6.07, 6.45) is 6.93. The molecule has 2 aromatic heterocycles. The van der Waals surface area contributed by atoms with Crippen LogP contribution in [0.4, 0.5) is 10.7 Å². The van der Waals surface area contributed by atoms with E-state index in [-0.39, 0.29) is 24.8 Å². The number of amides is 2. The molecular formula is C22H25N5O4. The average Bonchev–Trinajstić information content (AvgIpc) is 3.02. The fourth-order valence-electron chi connectivity index (χ4n) is 3.28. The molecule has 0 radical (unpaired) electrons. The molecule has 0 fully saturated rings. The second-order valence-corrected chi connectivity index (χ2v) is 8.29. The van der Waals surface area contributed by atoms with Gasteiger partial charge in [-0.05, 0) is 33.8 Å². The summed E-state index contributed by atoms with van der Waals surface area (Å²) in [7, 11) is 1.82. The fourth-order valence-corrected chi connectivity index (χ4v) is 3.28. The summed E-state index contributed by atoms with van der Waals surface area (Å²) >= 11 is 0. The van der Waals surface area contributed by atoms with Crippen molar-refractivity contribution in [3.63, 3.8) is 0 Å². The maximum absolute atomic E-state index is 13.0. The lowest BCUT2D eigenvalue weighted by Gasteiger charge is -2.28. The zero-order valence-electron chi connectivity index (χ0n) is 18.3. The highest BCUT2D eigenvalue weighted by Crippen LogP contribution is 2.30. The third-order valence-corrected chi connectivity index (χ3v) is 4.70. The number of nitrogens with zero attached hydrogens (tertiary/aromatic N) is 4. The minimum Gasteiger partial charge on any atom is -0.443 e. The number of fused-ring (bicyclic) bond motifs is 1. The highest BCUT2D eigenvalue weighted by Gasteiger charge is 2.35. The van der Waals surface area contributed by atoms with Gasteiger partial charge in [0.25, 0.3) is 5.91 Å². The summed E-state index contributed by atoms with van der Waals surface area (Å²) in [5, 5.41) is 2.85. The zero-order valence-corrected chi connectivity index (χ0v) is 18.3. The van der Waals surface area contributed by atoms with Crippen LogP contribution in [0.5, 0.6) is 0 Å². The van der Waals surface area contributed by atoms with Gasteiger partial charge < -0.3 is 14.6 Å². The van der Waals surface area contributed by atoms with Gasteiger partial charge in [0.1, 0.15) is 17.1 Å². The molecule has 0 aliphatic carbocycles. The average molecular weight is 423 g/mol. The Morgan fingerprint density at radius 1 is 1.35 bits per heavy atom. The number of anilines is 1. The molecule has 3 heterocycles. The Morgan fingerprint density at radius 2 is 2.06 bits per heavy atom. The standard InChI is InChI=1S/C22H25N5O4/c1-7-14-12-24-20(23-11-13(2)28)25-18(14)17-10-15-16(26(17)6)8-9-27(19(15)29)21(30)31-22(3,4)5/h1,10,12H,8-9,11H2,2-6H3,(H,23,24,25). The molecule has 0 saturated heterocycles. The molecule has 3 rings (SSSR count). The first-order valence-electron chi connectivity index (χ1n) is 9.82. The van der Waals surface area contributed by atoms with Crippen molar-refractivity contribution in [2.24, 2.45) is 7.05 Å². The van der Waals surface area contributed by atoms with E-state index in [0.717, 1.165) is 10.6 Å². The first-order chi connectivity index (χ1) is 14.5. The Bertz CT molecular complexity index is 1100. The number of Topliss-reactive ketones (excluding diaryl/α,β-unsaturated/α-hetero) is 1. The molecule has 0 saturated carbocycles. The van der Waals surface area contributed by atoms with Gasteiger partial charge in [0.05, 0.1) is 23.4 Å². The monoisotopic (exact) mass is 423 g/mol. The van der Waals surface area contributed by atoms with Crippen molar-refractivity contribution in [1.82, 2.24) is 19.4 Å². The third-order valence-electron chi connectivity index (χ3n) is 4.70. The fraction of sp³-hybridized carbons (Fsp3) is 0.409. The lowest BCUT2D eigenvalue weighted by atomic mass is 10.1. The largest absolute Gasteiger partial charge is 0.443 e. The van der Waals surface area contributed by atoms with Gasteiger partial charge in [-0.2, -0.15) is 0 Å². The van der Waals surface area contributed by atoms with Crippen LogP contribution < -0.4 is 5.32 Å². The Labute approximate surface area is 180 Å². The smallest absolute Gasteiger partial charge is 0.417 e. The number of nitrogens with one attached hydrogen (secondary N) is 1. The molecule has 9 heteroatoms. The van der Waals surface area contributed by atoms with Crippen molar-refractivity contribution in [3.05, 3.63) is 29.1 Å². The first-order valence-corrected chi connectivity index (χ1v) is 9.82. The summed E-state index contributed by atoms with van der Waals surface area (Å²) in [6.45, 7) is 7.01. The van der Waals surface area contributed by atoms with Crippen molar-refractivity contribution in [3.8, 4) is 23.7 Å². The predicted octanol–water partition coefficient (Wildman–Crippen LogP) is 2.40. The number of terminal acetylenes is 1. The molecule has 0 aromatic carbocycles. The minimum absolute atomic E-state index is 0.0617. The van der Waals surface area contributed by atoms with E-state index in [1.165, 1.54) is 13.1 Å². The summed E-state index contributed by atoms with van der Waals surface area (Å²) in [5.74, 6) is 2.32. The summed E-state index contributed by atoms with van der Waals surface area (Å²) in [4.78, 5) is 46.5. The van der Waals surface area contributed by atoms with E-state index in [9.17, 15) is 14.4 Å². The van der Waals surface area contributed by atoms with Gasteiger partial charge >= 0.3 is 6.09 Å². The van der Waals surface area contributed by atoms with Crippen molar-refractivity contribution in [2.45, 2.75) is 39.7 Å². The third kappa shape index (κ3) is 4.58. The number of imide groups is 1. The van der Waals surface area contributed by atoms with E-state index in [0.29, 0.717) is 28.9 Å². The SMILES string of the molecule is C#Cc1cnc(NCC(C)=O)nc1-c1cc2c(n1C)CCN(C(=O)OC(C)(C)C)C2=O. The number of aromatic nitrogens is 3. The van der Waals surface area contributed by atoms with E-state index in [2.05, 4.69) is 21.2 Å². The number of ketones is 1. The van der Waals surface area contributed by atoms with E-state index >= 15 is 0 Å². The van der Waals surface area contributed by atoms with Crippen LogP contribution in [-0.4, -0.2) is 55.9 Å². The Balaban J connectivity index is 1.99. The van der Waals surface area contributed by atoms with Crippen LogP contribution in [0.1, 0.15) is 49.3 Å². The molecule has 31 heavy (non-hydrogen) atoms. The topological polar surface area (TPSA) is 106 Å². The van der Waals surface area contributed by atoms with Gasteiger partial charge in [-0.3, -0.25) is 9.59 Å². The molecule has 0 spiro atoms. The van der Waals surface area contributed by atoms with Gasteiger partial charge in [-0.15, -0.1) is 6.42 Å². The normalized spacial score (nSPS) is 13.4. The molecule has 162 valence electrons. The van der Waals surface area contributed by atoms with E-state index in [1.54, 1.807) is 26.8 Å². The van der Waals surface area contributed by atoms with E-state index in [1.807, 2.05) is 11.6 Å². The highest BCUT2D eigenvalue weighted by atomic mass is 16.6. The maximum Gasteiger partial charge on any atom is 0.417 e. The van der Waals surface area contributed by atoms with Crippen LogP contribution in [0.2, 0.25) is 0 Å². The molecule has 1 aliphatic heterocycles. The second kappa shape index (κ2) is 8.22. The maximum atomic E-state index is 13.0. The lowest BCUT2D eigenvalue weighted by molar-refractivity contribution is -0.115. The summed E-state index contributed by atoms with van der Waals surface area (Å²) in [5.41, 5.74) is 1.99. The van der Waals surface area contributed by atoms with Crippen LogP contribution in [0.3, 0.4) is 0 Å². The second-order valence-electron chi connectivity index (χ2n) is 8.29. The molecule has 0 atom stereocenters. The van der Waals surface area contributed by atoms with Crippen LogP contribution in [-0.2, 0) is 23.0 Å². The Hall–Kier alpha value is -3.67. The number of rotatable bonds is 4. The predicted molar refractivity (Wildman–Crippen MR) is 115 cm³/mol. The number of hydrogen-bond acceptors (Lipinski definition) is 7. The molecular weight excluding hydrogens is 398 g/mol. The number of carbonyl (C=O) groups is 3. The van der Waals surface area contributed by atoms with Crippen LogP contribution in [0, 0.1) is 12.3 Å². The van der Waals surface area contributed by atoms with Gasteiger partial charge in [0.15, 0.2) is 0 Å². The minimum atomic E-state index is -0.703. The van der Waals surface area contributed by atoms with Gasteiger partial charge in [0, 0.05) is 31.9 Å². The molecule has 0 bridgehead atoms. The van der Waals surface area contributed by atoms with Crippen molar-refractivity contribution in [1.29, 1.82) is 0 Å². The highest BCUT2D eigenvalue weighted by molar-refractivity contribution is 6.05. The number of carbonyl (C=O) groups excluding carboxylic acids is 3. The van der Waals surface area contributed by atoms with Crippen molar-refractivity contribution < 1.29 is 19.1 Å². The van der Waals surface area contributed by atoms with Gasteiger partial charge in [0.2, 0.25) is 5.95 Å². The van der Waals surface area contributed by atoms with Gasteiger partial charge in [-0.25, -0.2) is 19.7 Å². The van der Waals surface area contributed by atoms with Crippen LogP contribution in [0.15, 0.2) is 12.3 Å². The summed E-state index contributed by atoms with van der Waals surface area (Å²) < 4.78 is 7.20. The van der Waals surface area contributed by atoms with Crippen LogP contribution in [0.25, 0.3) is 11.4 Å². The molecule has 1 aliphatic rings. The molecule has 0 unspecified atom stereocenters. The molecule has 1 N–H and O–H groups in total. The summed E-state index contributed by atoms with van der Waals surface area (Å²) in [6, 6.07) is 1.67. The van der Waals surface area contributed by atoms with E-state index in [4.69, 9.17) is 11.2 Å². The van der Waals surface area contributed by atoms with Crippen molar-refractivity contribution in [2.75, 3.05) is 18.4 Å². The van der Waals surface area contributed by atoms with Gasteiger partial charge in [-0.1, -0.05) is 5.92 Å². The lowest BCUT2D eigenvalue weighted by Crippen LogP contribution is -2.44. The molecule has 9 nitrogen and oxygen atoms in total. The molecule has 2 amide bonds. The molecule has 2 aromatic rings. The zero-order chi connectivity index (χ0) is 22.9. The van der Waals surface area contributed by atoms with Crippen LogP contribution >= 0.6 is 0 Å². The van der Waals surface area contributed by atoms with E-state index < -0.39 is 17.6 Å². The Kier molecular flexibility index (Phi) is 5.84.